The van der Waals surface area contributed by atoms with Crippen LogP contribution in [0.4, 0.5) is 11.9 Å². The number of rotatable bonds is 4. The highest BCUT2D eigenvalue weighted by Crippen LogP contribution is 2.25. The van der Waals surface area contributed by atoms with Gasteiger partial charge in [0.1, 0.15) is 11.1 Å². The van der Waals surface area contributed by atoms with Gasteiger partial charge in [-0.15, -0.1) is 11.3 Å². The normalized spacial score (nSPS) is 11.2. The molecule has 3 rings (SSSR count). The molecule has 0 saturated carbocycles. The number of aromatic nitrogens is 4. The third kappa shape index (κ3) is 3.79. The molecule has 25 heavy (non-hydrogen) atoms. The minimum Gasteiger partial charge on any atom is -0.368 e. The summed E-state index contributed by atoms with van der Waals surface area (Å²) in [5.41, 5.74) is 7.71. The Bertz CT molecular complexity index is 955. The summed E-state index contributed by atoms with van der Waals surface area (Å²) in [6.45, 7) is 0. The quantitative estimate of drug-likeness (QED) is 0.722. The topological polar surface area (TPSA) is 105 Å². The van der Waals surface area contributed by atoms with Crippen LogP contribution in [0.25, 0.3) is 22.2 Å². The first kappa shape index (κ1) is 16.5. The zero-order valence-corrected chi connectivity index (χ0v) is 14.5. The van der Waals surface area contributed by atoms with E-state index in [1.54, 1.807) is 25.1 Å². The van der Waals surface area contributed by atoms with E-state index in [1.807, 2.05) is 35.7 Å². The first-order chi connectivity index (χ1) is 12.1. The standard InChI is InChI=1S/C17H15N7S/c1-24(2)17-22-14(21-16(19)23-17)12(9-18)8-13-10-25-15(20-13)11-6-4-3-5-7-11/h3-8,10H,1-2H3,(H2,19,21,22,23)/b12-8+. The van der Waals surface area contributed by atoms with E-state index >= 15 is 0 Å². The van der Waals surface area contributed by atoms with Gasteiger partial charge in [-0.2, -0.15) is 20.2 Å². The maximum absolute atomic E-state index is 9.49. The number of benzene rings is 1. The van der Waals surface area contributed by atoms with Crippen LogP contribution >= 0.6 is 11.3 Å². The zero-order valence-electron chi connectivity index (χ0n) is 13.7. The summed E-state index contributed by atoms with van der Waals surface area (Å²) in [4.78, 5) is 18.6. The fourth-order valence-corrected chi connectivity index (χ4v) is 2.85. The molecule has 0 aliphatic rings. The second-order valence-corrected chi connectivity index (χ2v) is 6.18. The summed E-state index contributed by atoms with van der Waals surface area (Å²) in [6.07, 6.45) is 1.65. The highest BCUT2D eigenvalue weighted by atomic mass is 32.1. The number of hydrogen-bond donors (Lipinski definition) is 1. The lowest BCUT2D eigenvalue weighted by molar-refractivity contribution is 0.952. The molecule has 0 saturated heterocycles. The Balaban J connectivity index is 1.97. The second kappa shape index (κ2) is 7.07. The molecule has 1 aromatic carbocycles. The first-order valence-corrected chi connectivity index (χ1v) is 8.27. The molecule has 0 spiro atoms. The molecule has 124 valence electrons. The molecule has 0 aliphatic carbocycles. The van der Waals surface area contributed by atoms with Crippen LogP contribution < -0.4 is 10.6 Å². The molecule has 0 unspecified atom stereocenters. The van der Waals surface area contributed by atoms with Crippen LogP contribution in [0.2, 0.25) is 0 Å². The van der Waals surface area contributed by atoms with Crippen molar-refractivity contribution in [3.63, 3.8) is 0 Å². The molecular formula is C17H15N7S. The fourth-order valence-electron chi connectivity index (χ4n) is 2.06. The Hall–Kier alpha value is -3.31. The molecule has 2 heterocycles. The van der Waals surface area contributed by atoms with E-state index in [4.69, 9.17) is 5.73 Å². The molecule has 0 amide bonds. The highest BCUT2D eigenvalue weighted by molar-refractivity contribution is 7.13. The van der Waals surface area contributed by atoms with Crippen LogP contribution in [0.3, 0.4) is 0 Å². The van der Waals surface area contributed by atoms with Gasteiger partial charge in [-0.05, 0) is 6.08 Å². The molecule has 3 aromatic rings. The van der Waals surface area contributed by atoms with Crippen molar-refractivity contribution in [2.45, 2.75) is 0 Å². The Morgan fingerprint density at radius 2 is 1.92 bits per heavy atom. The van der Waals surface area contributed by atoms with E-state index in [2.05, 4.69) is 26.0 Å². The van der Waals surface area contributed by atoms with Crippen LogP contribution in [0.5, 0.6) is 0 Å². The molecule has 0 atom stereocenters. The number of nitriles is 1. The fraction of sp³-hybridized carbons (Fsp3) is 0.118. The van der Waals surface area contributed by atoms with Gasteiger partial charge in [0.15, 0.2) is 5.82 Å². The van der Waals surface area contributed by atoms with Crippen molar-refractivity contribution in [1.82, 2.24) is 19.9 Å². The highest BCUT2D eigenvalue weighted by Gasteiger charge is 2.12. The van der Waals surface area contributed by atoms with Crippen molar-refractivity contribution in [1.29, 1.82) is 5.26 Å². The zero-order chi connectivity index (χ0) is 17.8. The minimum atomic E-state index is 0.0677. The van der Waals surface area contributed by atoms with Crippen LogP contribution in [0.1, 0.15) is 11.5 Å². The first-order valence-electron chi connectivity index (χ1n) is 7.39. The predicted octanol–water partition coefficient (Wildman–Crippen LogP) is 2.71. The van der Waals surface area contributed by atoms with Gasteiger partial charge < -0.3 is 10.6 Å². The third-order valence-corrected chi connectivity index (χ3v) is 4.15. The lowest BCUT2D eigenvalue weighted by Gasteiger charge is -2.10. The summed E-state index contributed by atoms with van der Waals surface area (Å²) in [5, 5.41) is 12.3. The summed E-state index contributed by atoms with van der Waals surface area (Å²) < 4.78 is 0. The molecule has 0 radical (unpaired) electrons. The average molecular weight is 349 g/mol. The minimum absolute atomic E-state index is 0.0677. The van der Waals surface area contributed by atoms with Gasteiger partial charge in [-0.3, -0.25) is 0 Å². The number of nitrogens with two attached hydrogens (primary N) is 1. The van der Waals surface area contributed by atoms with Gasteiger partial charge >= 0.3 is 0 Å². The van der Waals surface area contributed by atoms with Gasteiger partial charge in [0.2, 0.25) is 11.9 Å². The molecule has 2 aromatic heterocycles. The number of allylic oxidation sites excluding steroid dienone is 1. The number of thiazole rings is 1. The van der Waals surface area contributed by atoms with Gasteiger partial charge in [-0.1, -0.05) is 30.3 Å². The van der Waals surface area contributed by atoms with E-state index in [-0.39, 0.29) is 17.3 Å². The van der Waals surface area contributed by atoms with E-state index in [9.17, 15) is 5.26 Å². The van der Waals surface area contributed by atoms with Crippen molar-refractivity contribution in [2.75, 3.05) is 24.7 Å². The molecule has 0 fully saturated rings. The van der Waals surface area contributed by atoms with E-state index < -0.39 is 0 Å². The van der Waals surface area contributed by atoms with Crippen molar-refractivity contribution in [2.24, 2.45) is 0 Å². The third-order valence-electron chi connectivity index (χ3n) is 3.24. The molecule has 0 bridgehead atoms. The number of hydrogen-bond acceptors (Lipinski definition) is 8. The van der Waals surface area contributed by atoms with Crippen molar-refractivity contribution in [3.05, 3.63) is 47.2 Å². The number of nitrogen functional groups attached to an aromatic ring is 1. The smallest absolute Gasteiger partial charge is 0.230 e. The predicted molar refractivity (Wildman–Crippen MR) is 99.6 cm³/mol. The monoisotopic (exact) mass is 349 g/mol. The molecular weight excluding hydrogens is 334 g/mol. The van der Waals surface area contributed by atoms with Gasteiger partial charge in [0, 0.05) is 25.0 Å². The van der Waals surface area contributed by atoms with E-state index in [0.29, 0.717) is 11.6 Å². The van der Waals surface area contributed by atoms with Crippen LogP contribution in [-0.2, 0) is 0 Å². The summed E-state index contributed by atoms with van der Waals surface area (Å²) >= 11 is 1.51. The Morgan fingerprint density at radius 1 is 1.16 bits per heavy atom. The van der Waals surface area contributed by atoms with Gasteiger partial charge in [0.05, 0.1) is 11.3 Å². The van der Waals surface area contributed by atoms with Gasteiger partial charge in [-0.25, -0.2) is 4.98 Å². The Labute approximate surface area is 149 Å². The van der Waals surface area contributed by atoms with E-state index in [1.165, 1.54) is 11.3 Å². The van der Waals surface area contributed by atoms with Crippen LogP contribution in [0.15, 0.2) is 35.7 Å². The van der Waals surface area contributed by atoms with Crippen LogP contribution in [0, 0.1) is 11.3 Å². The maximum Gasteiger partial charge on any atom is 0.230 e. The van der Waals surface area contributed by atoms with E-state index in [0.717, 1.165) is 10.6 Å². The lowest BCUT2D eigenvalue weighted by atomic mass is 10.2. The molecule has 7 nitrogen and oxygen atoms in total. The van der Waals surface area contributed by atoms with Gasteiger partial charge in [0.25, 0.3) is 0 Å². The molecule has 8 heteroatoms. The molecule has 0 aliphatic heterocycles. The molecule has 2 N–H and O–H groups in total. The van der Waals surface area contributed by atoms with Crippen LogP contribution in [-0.4, -0.2) is 34.0 Å². The number of anilines is 2. The van der Waals surface area contributed by atoms with Crippen molar-refractivity contribution < 1.29 is 0 Å². The number of nitrogens with zero attached hydrogens (tertiary/aromatic N) is 6. The second-order valence-electron chi connectivity index (χ2n) is 5.33. The van der Waals surface area contributed by atoms with Crippen molar-refractivity contribution >= 4 is 34.9 Å². The average Bonchev–Trinajstić information content (AvgIpc) is 3.08. The summed E-state index contributed by atoms with van der Waals surface area (Å²) in [7, 11) is 3.59. The maximum atomic E-state index is 9.49. The Morgan fingerprint density at radius 3 is 2.60 bits per heavy atom. The summed E-state index contributed by atoms with van der Waals surface area (Å²) in [6, 6.07) is 12.0. The van der Waals surface area contributed by atoms with Crippen molar-refractivity contribution in [3.8, 4) is 16.6 Å². The SMILES string of the molecule is CN(C)c1nc(N)nc(/C(C#N)=C/c2csc(-c3ccccc3)n2)n1. The Kier molecular flexibility index (Phi) is 4.68. The lowest BCUT2D eigenvalue weighted by Crippen LogP contribution is -2.15. The largest absolute Gasteiger partial charge is 0.368 e. The summed E-state index contributed by atoms with van der Waals surface area (Å²) in [5.74, 6) is 0.693.